The first-order valence-corrected chi connectivity index (χ1v) is 9.93. The lowest BCUT2D eigenvalue weighted by molar-refractivity contribution is -0.138. The Kier molecular flexibility index (Phi) is 9.34. The zero-order chi connectivity index (χ0) is 25.2. The van der Waals surface area contributed by atoms with Crippen molar-refractivity contribution in [3.63, 3.8) is 0 Å². The molecule has 0 aliphatic heterocycles. The Labute approximate surface area is 190 Å². The molecule has 0 aliphatic carbocycles. The van der Waals surface area contributed by atoms with Gasteiger partial charge in [-0.3, -0.25) is 9.59 Å². The number of benzene rings is 2. The SMILES string of the molecule is O=C(CCCCC(=O)N/N=C\c1ccc(C(F)(F)F)cc1)N/N=C\c1ccc(C(F)(F)F)cc1. The average molecular weight is 486 g/mol. The van der Waals surface area contributed by atoms with E-state index < -0.39 is 35.3 Å². The Hall–Kier alpha value is -3.70. The number of hydrogen-bond acceptors (Lipinski definition) is 4. The third-order valence-electron chi connectivity index (χ3n) is 4.34. The van der Waals surface area contributed by atoms with Crippen LogP contribution in [-0.4, -0.2) is 24.2 Å². The summed E-state index contributed by atoms with van der Waals surface area (Å²) in [5.41, 5.74) is 3.66. The third-order valence-corrected chi connectivity index (χ3v) is 4.34. The van der Waals surface area contributed by atoms with Gasteiger partial charge in [0.1, 0.15) is 0 Å². The lowest BCUT2D eigenvalue weighted by Gasteiger charge is -2.05. The highest BCUT2D eigenvalue weighted by Crippen LogP contribution is 2.29. The minimum absolute atomic E-state index is 0.0758. The van der Waals surface area contributed by atoms with Crippen molar-refractivity contribution in [3.05, 3.63) is 70.8 Å². The van der Waals surface area contributed by atoms with Crippen LogP contribution in [0.1, 0.15) is 47.9 Å². The highest BCUT2D eigenvalue weighted by Gasteiger charge is 2.30. The van der Waals surface area contributed by atoms with Crippen LogP contribution >= 0.6 is 0 Å². The molecule has 182 valence electrons. The molecule has 0 spiro atoms. The van der Waals surface area contributed by atoms with E-state index in [-0.39, 0.29) is 12.8 Å². The van der Waals surface area contributed by atoms with Crippen molar-refractivity contribution < 1.29 is 35.9 Å². The van der Waals surface area contributed by atoms with Crippen molar-refractivity contribution in [1.29, 1.82) is 0 Å². The number of alkyl halides is 6. The van der Waals surface area contributed by atoms with Gasteiger partial charge in [-0.25, -0.2) is 10.9 Å². The van der Waals surface area contributed by atoms with E-state index >= 15 is 0 Å². The van der Waals surface area contributed by atoms with E-state index in [0.29, 0.717) is 24.0 Å². The van der Waals surface area contributed by atoms with Crippen molar-refractivity contribution in [2.45, 2.75) is 38.0 Å². The van der Waals surface area contributed by atoms with Gasteiger partial charge in [-0.1, -0.05) is 24.3 Å². The first-order valence-electron chi connectivity index (χ1n) is 9.93. The molecule has 0 bridgehead atoms. The zero-order valence-electron chi connectivity index (χ0n) is 17.6. The van der Waals surface area contributed by atoms with Gasteiger partial charge < -0.3 is 0 Å². The lowest BCUT2D eigenvalue weighted by atomic mass is 10.1. The van der Waals surface area contributed by atoms with Crippen LogP contribution in [0.4, 0.5) is 26.3 Å². The summed E-state index contributed by atoms with van der Waals surface area (Å²) in [6, 6.07) is 8.50. The highest BCUT2D eigenvalue weighted by molar-refractivity contribution is 5.83. The topological polar surface area (TPSA) is 82.9 Å². The summed E-state index contributed by atoms with van der Waals surface area (Å²) in [5, 5.41) is 7.34. The molecular weight excluding hydrogens is 466 g/mol. The summed E-state index contributed by atoms with van der Waals surface area (Å²) >= 11 is 0. The van der Waals surface area contributed by atoms with E-state index in [2.05, 4.69) is 21.1 Å². The van der Waals surface area contributed by atoms with Crippen molar-refractivity contribution in [1.82, 2.24) is 10.9 Å². The number of amides is 2. The number of nitrogens with zero attached hydrogens (tertiary/aromatic N) is 2. The van der Waals surface area contributed by atoms with E-state index in [1.807, 2.05) is 0 Å². The monoisotopic (exact) mass is 486 g/mol. The lowest BCUT2D eigenvalue weighted by Crippen LogP contribution is -2.19. The number of nitrogens with one attached hydrogen (secondary N) is 2. The maximum atomic E-state index is 12.5. The van der Waals surface area contributed by atoms with Crippen molar-refractivity contribution in [2.24, 2.45) is 10.2 Å². The molecule has 0 radical (unpaired) electrons. The fraction of sp³-hybridized carbons (Fsp3) is 0.273. The smallest absolute Gasteiger partial charge is 0.273 e. The van der Waals surface area contributed by atoms with Gasteiger partial charge in [-0.2, -0.15) is 36.5 Å². The van der Waals surface area contributed by atoms with Gasteiger partial charge in [0.2, 0.25) is 11.8 Å². The Morgan fingerprint density at radius 1 is 0.647 bits per heavy atom. The molecule has 0 atom stereocenters. The van der Waals surface area contributed by atoms with Crippen LogP contribution in [0.3, 0.4) is 0 Å². The molecule has 0 aromatic heterocycles. The fourth-order valence-corrected chi connectivity index (χ4v) is 2.56. The molecule has 2 aromatic rings. The summed E-state index contributed by atoms with van der Waals surface area (Å²) in [5.74, 6) is -0.854. The van der Waals surface area contributed by atoms with Gasteiger partial charge in [0.05, 0.1) is 23.6 Å². The standard InChI is InChI=1S/C22H20F6N4O2/c23-21(24,25)17-9-5-15(6-10-17)13-29-31-19(33)3-1-2-4-20(34)32-30-14-16-7-11-18(12-8-16)22(26,27)28/h5-14H,1-4H2,(H,31,33)(H,32,34)/b29-13-,30-14-. The maximum absolute atomic E-state index is 12.5. The normalized spacial score (nSPS) is 12.3. The summed E-state index contributed by atoms with van der Waals surface area (Å²) in [6.45, 7) is 0. The third kappa shape index (κ3) is 9.43. The molecule has 2 aromatic carbocycles. The number of rotatable bonds is 9. The molecule has 2 rings (SSSR count). The number of hydrazone groups is 2. The molecule has 34 heavy (non-hydrogen) atoms. The Morgan fingerprint density at radius 2 is 0.971 bits per heavy atom. The Balaban J connectivity index is 1.62. The first kappa shape index (κ1) is 26.6. The fourth-order valence-electron chi connectivity index (χ4n) is 2.56. The second-order valence-corrected chi connectivity index (χ2v) is 7.03. The van der Waals surface area contributed by atoms with E-state index in [1.54, 1.807) is 0 Å². The quantitative estimate of drug-likeness (QED) is 0.229. The summed E-state index contributed by atoms with van der Waals surface area (Å²) < 4.78 is 75.0. The average Bonchev–Trinajstić information content (AvgIpc) is 2.76. The predicted molar refractivity (Wildman–Crippen MR) is 113 cm³/mol. The minimum atomic E-state index is -4.43. The van der Waals surface area contributed by atoms with E-state index in [1.165, 1.54) is 36.7 Å². The predicted octanol–water partition coefficient (Wildman–Crippen LogP) is 4.89. The molecule has 12 heteroatoms. The van der Waals surface area contributed by atoms with E-state index in [9.17, 15) is 35.9 Å². The second kappa shape index (κ2) is 12.0. The maximum Gasteiger partial charge on any atom is 0.416 e. The zero-order valence-corrected chi connectivity index (χ0v) is 17.6. The van der Waals surface area contributed by atoms with Gasteiger partial charge in [0.25, 0.3) is 0 Å². The van der Waals surface area contributed by atoms with Crippen LogP contribution in [0, 0.1) is 0 Å². The molecule has 0 saturated carbocycles. The first-order chi connectivity index (χ1) is 15.9. The molecule has 0 aliphatic rings. The minimum Gasteiger partial charge on any atom is -0.273 e. The summed E-state index contributed by atoms with van der Waals surface area (Å²) in [7, 11) is 0. The van der Waals surface area contributed by atoms with Gasteiger partial charge in [0, 0.05) is 12.8 Å². The Bertz CT molecular complexity index is 930. The number of hydrogen-bond donors (Lipinski definition) is 2. The molecule has 2 amide bonds. The number of unbranched alkanes of at least 4 members (excludes halogenated alkanes) is 1. The molecule has 0 fully saturated rings. The van der Waals surface area contributed by atoms with Gasteiger partial charge >= 0.3 is 12.4 Å². The summed E-state index contributed by atoms with van der Waals surface area (Å²) in [6.07, 6.45) is -5.55. The van der Waals surface area contributed by atoms with Gasteiger partial charge in [-0.05, 0) is 48.2 Å². The molecule has 0 heterocycles. The van der Waals surface area contributed by atoms with Crippen LogP contribution in [0.2, 0.25) is 0 Å². The Morgan fingerprint density at radius 3 is 1.26 bits per heavy atom. The molecule has 0 saturated heterocycles. The van der Waals surface area contributed by atoms with E-state index in [0.717, 1.165) is 24.3 Å². The largest absolute Gasteiger partial charge is 0.416 e. The molecule has 6 nitrogen and oxygen atoms in total. The van der Waals surface area contributed by atoms with Crippen molar-refractivity contribution in [2.75, 3.05) is 0 Å². The summed E-state index contributed by atoms with van der Waals surface area (Å²) in [4.78, 5) is 23.4. The van der Waals surface area contributed by atoms with Crippen LogP contribution in [-0.2, 0) is 21.9 Å². The number of carbonyl (C=O) groups is 2. The second-order valence-electron chi connectivity index (χ2n) is 7.03. The number of carbonyl (C=O) groups excluding carboxylic acids is 2. The van der Waals surface area contributed by atoms with Crippen LogP contribution in [0.5, 0.6) is 0 Å². The number of halogens is 6. The van der Waals surface area contributed by atoms with Gasteiger partial charge in [0.15, 0.2) is 0 Å². The molecule has 0 unspecified atom stereocenters. The van der Waals surface area contributed by atoms with Crippen LogP contribution in [0.15, 0.2) is 58.7 Å². The molecular formula is C22H20F6N4O2. The van der Waals surface area contributed by atoms with E-state index in [4.69, 9.17) is 0 Å². The van der Waals surface area contributed by atoms with Crippen LogP contribution < -0.4 is 10.9 Å². The highest BCUT2D eigenvalue weighted by atomic mass is 19.4. The van der Waals surface area contributed by atoms with Crippen molar-refractivity contribution >= 4 is 24.2 Å². The molecule has 2 N–H and O–H groups in total. The van der Waals surface area contributed by atoms with Crippen LogP contribution in [0.25, 0.3) is 0 Å². The van der Waals surface area contributed by atoms with Crippen molar-refractivity contribution in [3.8, 4) is 0 Å². The van der Waals surface area contributed by atoms with Gasteiger partial charge in [-0.15, -0.1) is 0 Å².